The molecule has 0 aliphatic heterocycles. The maximum Gasteiger partial charge on any atom is 0.126 e. The standard InChI is InChI=1S/C21H31N3O2/c1-15-7-4-8-18(13-15)26-20-10-5-9-19(21(20)25)22-11-6-12-24-17(3)14-16(2)23-24/h4,7-8,13-14,19-22,25H,5-6,9-12H2,1-3H3/t19-,20+,21+/m0/s1. The number of nitrogens with one attached hydrogen (secondary N) is 1. The van der Waals surface area contributed by atoms with E-state index in [9.17, 15) is 5.11 Å². The van der Waals surface area contributed by atoms with Gasteiger partial charge in [-0.2, -0.15) is 5.10 Å². The lowest BCUT2D eigenvalue weighted by Gasteiger charge is -2.35. The topological polar surface area (TPSA) is 59.3 Å². The van der Waals surface area contributed by atoms with Crippen LogP contribution in [0.1, 0.15) is 42.6 Å². The third-order valence-electron chi connectivity index (χ3n) is 5.13. The molecule has 3 rings (SSSR count). The fourth-order valence-corrected chi connectivity index (χ4v) is 3.77. The minimum Gasteiger partial charge on any atom is -0.488 e. The Morgan fingerprint density at radius 1 is 1.23 bits per heavy atom. The molecule has 0 radical (unpaired) electrons. The molecule has 2 aromatic rings. The molecule has 5 nitrogen and oxygen atoms in total. The maximum absolute atomic E-state index is 10.7. The summed E-state index contributed by atoms with van der Waals surface area (Å²) in [4.78, 5) is 0. The number of ether oxygens (including phenoxy) is 1. The predicted octanol–water partition coefficient (Wildman–Crippen LogP) is 3.15. The van der Waals surface area contributed by atoms with Gasteiger partial charge in [0.2, 0.25) is 0 Å². The lowest BCUT2D eigenvalue weighted by Crippen LogP contribution is -2.51. The summed E-state index contributed by atoms with van der Waals surface area (Å²) in [6.07, 6.45) is 3.35. The first-order chi connectivity index (χ1) is 12.5. The molecule has 1 aromatic carbocycles. The maximum atomic E-state index is 10.7. The average Bonchev–Trinajstić information content (AvgIpc) is 2.92. The number of hydrogen-bond acceptors (Lipinski definition) is 4. The highest BCUT2D eigenvalue weighted by Crippen LogP contribution is 2.25. The van der Waals surface area contributed by atoms with Crippen LogP contribution in [0, 0.1) is 20.8 Å². The Labute approximate surface area is 156 Å². The predicted molar refractivity (Wildman–Crippen MR) is 104 cm³/mol. The van der Waals surface area contributed by atoms with E-state index in [0.29, 0.717) is 0 Å². The Morgan fingerprint density at radius 2 is 2.08 bits per heavy atom. The monoisotopic (exact) mass is 357 g/mol. The first-order valence-electron chi connectivity index (χ1n) is 9.69. The van der Waals surface area contributed by atoms with Gasteiger partial charge < -0.3 is 15.2 Å². The number of rotatable bonds is 7. The van der Waals surface area contributed by atoms with Gasteiger partial charge in [0.15, 0.2) is 0 Å². The first kappa shape index (κ1) is 18.9. The Bertz CT molecular complexity index is 713. The molecule has 0 bridgehead atoms. The van der Waals surface area contributed by atoms with E-state index in [4.69, 9.17) is 4.74 Å². The summed E-state index contributed by atoms with van der Waals surface area (Å²) in [7, 11) is 0. The van der Waals surface area contributed by atoms with Gasteiger partial charge in [-0.3, -0.25) is 4.68 Å². The van der Waals surface area contributed by atoms with Crippen LogP contribution >= 0.6 is 0 Å². The smallest absolute Gasteiger partial charge is 0.126 e. The molecule has 0 spiro atoms. The van der Waals surface area contributed by atoms with Crippen LogP contribution in [0.25, 0.3) is 0 Å². The highest BCUT2D eigenvalue weighted by molar-refractivity contribution is 5.27. The van der Waals surface area contributed by atoms with Gasteiger partial charge in [0.25, 0.3) is 0 Å². The normalized spacial score (nSPS) is 23.2. The van der Waals surface area contributed by atoms with Gasteiger partial charge in [-0.1, -0.05) is 12.1 Å². The molecule has 0 amide bonds. The fourth-order valence-electron chi connectivity index (χ4n) is 3.77. The third kappa shape index (κ3) is 4.86. The van der Waals surface area contributed by atoms with Gasteiger partial charge >= 0.3 is 0 Å². The largest absolute Gasteiger partial charge is 0.488 e. The van der Waals surface area contributed by atoms with Crippen LogP contribution in [0.5, 0.6) is 5.75 Å². The van der Waals surface area contributed by atoms with Gasteiger partial charge in [0.05, 0.1) is 5.69 Å². The summed E-state index contributed by atoms with van der Waals surface area (Å²) in [6.45, 7) is 7.94. The van der Waals surface area contributed by atoms with E-state index in [2.05, 4.69) is 41.1 Å². The van der Waals surface area contributed by atoms with Crippen LogP contribution in [0.4, 0.5) is 0 Å². The highest BCUT2D eigenvalue weighted by atomic mass is 16.5. The van der Waals surface area contributed by atoms with Gasteiger partial charge in [0, 0.05) is 18.3 Å². The van der Waals surface area contributed by atoms with E-state index in [-0.39, 0.29) is 12.1 Å². The summed E-state index contributed by atoms with van der Waals surface area (Å²) in [5.74, 6) is 0.847. The van der Waals surface area contributed by atoms with Crippen molar-refractivity contribution in [2.24, 2.45) is 0 Å². The molecule has 2 N–H and O–H groups in total. The molecule has 1 saturated carbocycles. The van der Waals surface area contributed by atoms with Crippen molar-refractivity contribution in [2.45, 2.75) is 71.2 Å². The number of nitrogens with zero attached hydrogens (tertiary/aromatic N) is 2. The number of aryl methyl sites for hydroxylation is 4. The van der Waals surface area contributed by atoms with E-state index < -0.39 is 6.10 Å². The molecule has 1 aliphatic carbocycles. The summed E-state index contributed by atoms with van der Waals surface area (Å²) in [6, 6.07) is 10.2. The van der Waals surface area contributed by atoms with Crippen molar-refractivity contribution < 1.29 is 9.84 Å². The molecule has 3 atom stereocenters. The lowest BCUT2D eigenvalue weighted by atomic mass is 9.89. The van der Waals surface area contributed by atoms with Crippen LogP contribution in [0.3, 0.4) is 0 Å². The van der Waals surface area contributed by atoms with Crippen molar-refractivity contribution in [3.8, 4) is 5.75 Å². The molecular weight excluding hydrogens is 326 g/mol. The molecule has 1 fully saturated rings. The Kier molecular flexibility index (Phi) is 6.33. The van der Waals surface area contributed by atoms with Crippen LogP contribution in [0.2, 0.25) is 0 Å². The molecule has 26 heavy (non-hydrogen) atoms. The second kappa shape index (κ2) is 8.69. The number of hydrogen-bond donors (Lipinski definition) is 2. The van der Waals surface area contributed by atoms with Crippen LogP contribution in [-0.4, -0.2) is 39.7 Å². The number of benzene rings is 1. The van der Waals surface area contributed by atoms with E-state index in [0.717, 1.165) is 50.2 Å². The molecule has 1 aliphatic rings. The highest BCUT2D eigenvalue weighted by Gasteiger charge is 2.32. The quantitative estimate of drug-likeness (QED) is 0.748. The van der Waals surface area contributed by atoms with Crippen LogP contribution in [0.15, 0.2) is 30.3 Å². The Balaban J connectivity index is 1.46. The van der Waals surface area contributed by atoms with Crippen molar-refractivity contribution in [3.63, 3.8) is 0 Å². The molecular formula is C21H31N3O2. The number of aliphatic hydroxyl groups excluding tert-OH is 1. The van der Waals surface area contributed by atoms with Gasteiger partial charge in [-0.05, 0) is 76.8 Å². The first-order valence-corrected chi connectivity index (χ1v) is 9.69. The summed E-state index contributed by atoms with van der Waals surface area (Å²) < 4.78 is 8.12. The van der Waals surface area contributed by atoms with Gasteiger partial charge in [-0.15, -0.1) is 0 Å². The zero-order valence-electron chi connectivity index (χ0n) is 16.1. The van der Waals surface area contributed by atoms with Crippen molar-refractivity contribution in [1.29, 1.82) is 0 Å². The molecule has 142 valence electrons. The van der Waals surface area contributed by atoms with Gasteiger partial charge in [0.1, 0.15) is 18.0 Å². The van der Waals surface area contributed by atoms with Gasteiger partial charge in [-0.25, -0.2) is 0 Å². The third-order valence-corrected chi connectivity index (χ3v) is 5.13. The Hall–Kier alpha value is -1.85. The zero-order valence-corrected chi connectivity index (χ0v) is 16.1. The second-order valence-corrected chi connectivity index (χ2v) is 7.46. The molecule has 0 unspecified atom stereocenters. The minimum absolute atomic E-state index is 0.0963. The molecule has 1 aromatic heterocycles. The van der Waals surface area contributed by atoms with Crippen LogP contribution in [-0.2, 0) is 6.54 Å². The van der Waals surface area contributed by atoms with Crippen LogP contribution < -0.4 is 10.1 Å². The van der Waals surface area contributed by atoms with E-state index >= 15 is 0 Å². The second-order valence-electron chi connectivity index (χ2n) is 7.46. The summed E-state index contributed by atoms with van der Waals surface area (Å²) in [5, 5.41) is 18.7. The zero-order chi connectivity index (χ0) is 18.5. The lowest BCUT2D eigenvalue weighted by molar-refractivity contribution is -0.0153. The minimum atomic E-state index is -0.474. The van der Waals surface area contributed by atoms with Crippen molar-refractivity contribution >= 4 is 0 Å². The molecule has 5 heteroatoms. The molecule has 0 saturated heterocycles. The SMILES string of the molecule is Cc1cccc(O[C@@H]2CCC[C@H](NCCCn3nc(C)cc3C)[C@H]2O)c1. The summed E-state index contributed by atoms with van der Waals surface area (Å²) in [5.41, 5.74) is 3.44. The Morgan fingerprint density at radius 3 is 2.81 bits per heavy atom. The molecule has 1 heterocycles. The summed E-state index contributed by atoms with van der Waals surface area (Å²) >= 11 is 0. The van der Waals surface area contributed by atoms with E-state index in [1.165, 1.54) is 11.3 Å². The van der Waals surface area contributed by atoms with E-state index in [1.807, 2.05) is 25.1 Å². The van der Waals surface area contributed by atoms with Crippen molar-refractivity contribution in [2.75, 3.05) is 6.54 Å². The van der Waals surface area contributed by atoms with E-state index in [1.54, 1.807) is 0 Å². The number of aliphatic hydroxyl groups is 1. The fraction of sp³-hybridized carbons (Fsp3) is 0.571. The average molecular weight is 357 g/mol. The number of aromatic nitrogens is 2. The van der Waals surface area contributed by atoms with Crippen molar-refractivity contribution in [3.05, 3.63) is 47.3 Å². The van der Waals surface area contributed by atoms with Crippen molar-refractivity contribution in [1.82, 2.24) is 15.1 Å².